The van der Waals surface area contributed by atoms with E-state index in [1.807, 2.05) is 13.8 Å². The SMILES string of the molecule is CC.CO[C@@H]1O[C@H](COS(=O)(=O)O)[C@@H](O[C@@H]2O[C@@H](C(=O)O)[C@@H](O[C@@H]3O[C@H](COS(=O)(=O)O)[C@@H](O[C@@H]4O[C@H](C(=O)O)[C@@H](O[C@H]5O[C@H](COS(=O)(=O)O)[C@@H](O)[C@H](O)[C@H]5NS(=O)(=O)O)[C@H](O)[C@H]4O)[C@H](OS(=O)(=O)O)[C@H]3NS(=O)(=O)O)[C@H](O)[C@H]2OS(=O)(=O)O)[C@H](O)[C@H]1NS(=O)(=O)O. The second-order valence-electron chi connectivity index (χ2n) is 18.7. The van der Waals surface area contributed by atoms with Gasteiger partial charge in [-0.2, -0.15) is 81.5 Å². The normalized spacial score (nSPS) is 37.9. The van der Waals surface area contributed by atoms with Crippen molar-refractivity contribution in [3.63, 3.8) is 0 Å². The third-order valence-corrected chi connectivity index (χ3v) is 16.4. The Morgan fingerprint density at radius 2 is 0.699 bits per heavy atom. The number of carboxylic acids is 2. The zero-order chi connectivity index (χ0) is 71.4. The third-order valence-electron chi connectivity index (χ3n) is 12.4. The molecule has 0 aliphatic carbocycles. The van der Waals surface area contributed by atoms with Crippen molar-refractivity contribution in [1.29, 1.82) is 0 Å². The highest BCUT2D eigenvalue weighted by molar-refractivity contribution is 7.84. The molecule has 548 valence electrons. The van der Waals surface area contributed by atoms with E-state index in [4.69, 9.17) is 51.9 Å². The van der Waals surface area contributed by atoms with E-state index in [9.17, 15) is 150 Å². The summed E-state index contributed by atoms with van der Waals surface area (Å²) in [4.78, 5) is 25.8. The lowest BCUT2D eigenvalue weighted by Gasteiger charge is -2.50. The molecule has 0 aromatic carbocycles. The number of aliphatic carboxylic acids is 2. The molecule has 25 atom stereocenters. The molecule has 0 aromatic heterocycles. The van der Waals surface area contributed by atoms with Gasteiger partial charge in [0.15, 0.2) is 49.8 Å². The van der Waals surface area contributed by atoms with E-state index in [2.05, 4.69) is 20.9 Å². The first kappa shape index (κ1) is 82.7. The van der Waals surface area contributed by atoms with Crippen LogP contribution in [0.1, 0.15) is 13.8 Å². The Hall–Kier alpha value is -2.74. The van der Waals surface area contributed by atoms with E-state index in [0.29, 0.717) is 0 Å². The fraction of sp³-hybridized carbons (Fsp3) is 0.939. The average Bonchev–Trinajstić information content (AvgIpc) is 0.765. The zero-order valence-electron chi connectivity index (χ0n) is 45.9. The molecular formula is C33H59N3O49S8. The van der Waals surface area contributed by atoms with Crippen LogP contribution in [0, 0.1) is 0 Å². The van der Waals surface area contributed by atoms with Crippen LogP contribution in [0.25, 0.3) is 0 Å². The number of hydrogen-bond acceptors (Lipinski definition) is 39. The topological polar surface area (TPSA) is 805 Å². The van der Waals surface area contributed by atoms with Gasteiger partial charge in [-0.3, -0.25) is 36.4 Å². The Balaban J connectivity index is 0.00000912. The third kappa shape index (κ3) is 24.6. The van der Waals surface area contributed by atoms with Gasteiger partial charge >= 0.3 is 94.8 Å². The maximum absolute atomic E-state index is 13.0. The summed E-state index contributed by atoms with van der Waals surface area (Å²) >= 11 is 0. The molecular weight excluding hydrogens is 1480 g/mol. The Morgan fingerprint density at radius 1 is 0.355 bits per heavy atom. The van der Waals surface area contributed by atoms with Crippen LogP contribution in [-0.2, 0) is 161 Å². The molecule has 5 aliphatic rings. The smallest absolute Gasteiger partial charge is 0.397 e. The van der Waals surface area contributed by atoms with E-state index in [1.165, 1.54) is 9.44 Å². The number of carboxylic acid groups (broad SMARTS) is 2. The second-order valence-corrected chi connectivity index (χ2v) is 27.6. The molecule has 0 aromatic rings. The number of ether oxygens (including phenoxy) is 10. The molecule has 0 radical (unpaired) electrons. The van der Waals surface area contributed by atoms with Crippen LogP contribution in [0.3, 0.4) is 0 Å². The summed E-state index contributed by atoms with van der Waals surface area (Å²) in [5, 5.41) is 87.8. The minimum atomic E-state index is -6.36. The van der Waals surface area contributed by atoms with Gasteiger partial charge in [0, 0.05) is 7.11 Å². The highest BCUT2D eigenvalue weighted by Gasteiger charge is 2.61. The van der Waals surface area contributed by atoms with Crippen molar-refractivity contribution in [2.45, 2.75) is 167 Å². The molecule has 60 heteroatoms. The monoisotopic (exact) mass is 1540 g/mol. The first-order chi connectivity index (χ1) is 42.2. The van der Waals surface area contributed by atoms with Gasteiger partial charge in [-0.25, -0.2) is 30.5 Å². The van der Waals surface area contributed by atoms with Crippen LogP contribution in [0.15, 0.2) is 0 Å². The number of aliphatic hydroxyl groups excluding tert-OH is 6. The molecule has 19 N–H and O–H groups in total. The summed E-state index contributed by atoms with van der Waals surface area (Å²) < 4.78 is 346. The van der Waals surface area contributed by atoms with Gasteiger partial charge in [0.05, 0.1) is 19.8 Å². The molecule has 5 rings (SSSR count). The summed E-state index contributed by atoms with van der Waals surface area (Å²) in [6.45, 7) is -1.06. The van der Waals surface area contributed by atoms with Gasteiger partial charge in [-0.15, -0.1) is 0 Å². The first-order valence-corrected chi connectivity index (χ1v) is 35.7. The summed E-state index contributed by atoms with van der Waals surface area (Å²) in [6.07, 6.45) is -63.6. The van der Waals surface area contributed by atoms with Crippen LogP contribution in [0.5, 0.6) is 0 Å². The largest absolute Gasteiger partial charge is 0.479 e. The molecule has 93 heavy (non-hydrogen) atoms. The van der Waals surface area contributed by atoms with Crippen molar-refractivity contribution in [2.75, 3.05) is 26.9 Å². The molecule has 0 saturated carbocycles. The molecule has 52 nitrogen and oxygen atoms in total. The van der Waals surface area contributed by atoms with Crippen LogP contribution in [0.4, 0.5) is 0 Å². The Morgan fingerprint density at radius 3 is 1.12 bits per heavy atom. The fourth-order valence-electron chi connectivity index (χ4n) is 8.98. The maximum Gasteiger partial charge on any atom is 0.397 e. The lowest BCUT2D eigenvalue weighted by atomic mass is 9.94. The lowest BCUT2D eigenvalue weighted by Crippen LogP contribution is -2.71. The van der Waals surface area contributed by atoms with Crippen molar-refractivity contribution in [2.24, 2.45) is 0 Å². The average molecular weight is 1540 g/mol. The van der Waals surface area contributed by atoms with E-state index in [1.54, 1.807) is 0 Å². The van der Waals surface area contributed by atoms with Crippen LogP contribution < -0.4 is 14.2 Å². The standard InChI is InChI=1S/C31H53N3O49S8.C2H6/c1-69-27-9(33-85(48,49)50)13(37)17(6(74-27)3-71-88(57,58)59)76-31-22(83-91(66,67)68)16(40)21(24(81-31)26(43)44)79-29-10(34-86(51,52)53)19(82-90(63,64)65)18(7(75-29)4-72-89(60,61)62)77-30-15(39)14(38)20(23(80-30)25(41)42)78-28-8(32-84(45,46)47)12(36)11(35)5(73-28)2-70-87(54,55)56;1-2/h5-24,27-40H,2-4H2,1H3,(H,41,42)(H,43,44)(H,45,46,47)(H,48,49,50)(H,51,52,53)(H,54,55,56)(H,57,58,59)(H,60,61,62)(H,63,64,65)(H,66,67,68);1-2H3/t5-,6-,7-,8-,9-,10-,11-,12-,13-,14-,15-,16+,17-,18-,19-,20+,21+,22-,23+,24-,27-,28-,29+,30-,31-;/m1./s1. The number of hydrogen-bond donors (Lipinski definition) is 19. The predicted octanol–water partition coefficient (Wildman–Crippen LogP) is -12.7. The molecule has 5 saturated heterocycles. The van der Waals surface area contributed by atoms with Gasteiger partial charge in [0.1, 0.15) is 104 Å². The Labute approximate surface area is 523 Å². The van der Waals surface area contributed by atoms with Crippen molar-refractivity contribution < 1.29 is 222 Å². The van der Waals surface area contributed by atoms with Gasteiger partial charge < -0.3 is 88.2 Å². The summed E-state index contributed by atoms with van der Waals surface area (Å²) in [5.41, 5.74) is 0. The van der Waals surface area contributed by atoms with Crippen molar-refractivity contribution in [3.8, 4) is 0 Å². The van der Waals surface area contributed by atoms with E-state index in [-0.39, 0.29) is 0 Å². The summed E-state index contributed by atoms with van der Waals surface area (Å²) in [6, 6.07) is -8.17. The fourth-order valence-corrected chi connectivity index (χ4v) is 12.7. The first-order valence-electron chi connectivity index (χ1n) is 24.5. The second kappa shape index (κ2) is 32.1. The van der Waals surface area contributed by atoms with Crippen molar-refractivity contribution in [3.05, 3.63) is 0 Å². The Kier molecular flexibility index (Phi) is 28.5. The molecule has 5 fully saturated rings. The van der Waals surface area contributed by atoms with Gasteiger partial charge in [-0.05, 0) is 0 Å². The summed E-state index contributed by atoms with van der Waals surface area (Å²) in [7, 11) is -45.9. The summed E-state index contributed by atoms with van der Waals surface area (Å²) in [5.74, 6) is -4.91. The Bertz CT molecular complexity index is 3490. The van der Waals surface area contributed by atoms with Crippen molar-refractivity contribution in [1.82, 2.24) is 14.2 Å². The van der Waals surface area contributed by atoms with E-state index < -0.39 is 268 Å². The molecule has 0 amide bonds. The number of nitrogens with one attached hydrogen (secondary N) is 3. The van der Waals surface area contributed by atoms with E-state index in [0.717, 1.165) is 11.8 Å². The number of carbonyl (C=O) groups is 2. The maximum atomic E-state index is 13.0. The highest BCUT2D eigenvalue weighted by atomic mass is 32.3. The number of aliphatic hydroxyl groups is 6. The van der Waals surface area contributed by atoms with Crippen LogP contribution in [-0.4, -0.2) is 337 Å². The minimum absolute atomic E-state index is 0.735. The van der Waals surface area contributed by atoms with Gasteiger partial charge in [0.2, 0.25) is 0 Å². The minimum Gasteiger partial charge on any atom is -0.479 e. The predicted molar refractivity (Wildman–Crippen MR) is 273 cm³/mol. The molecule has 0 spiro atoms. The van der Waals surface area contributed by atoms with Gasteiger partial charge in [-0.1, -0.05) is 13.8 Å². The van der Waals surface area contributed by atoms with Crippen LogP contribution >= 0.6 is 0 Å². The zero-order valence-corrected chi connectivity index (χ0v) is 52.5. The van der Waals surface area contributed by atoms with Gasteiger partial charge in [0.25, 0.3) is 0 Å². The van der Waals surface area contributed by atoms with E-state index >= 15 is 0 Å². The van der Waals surface area contributed by atoms with Crippen molar-refractivity contribution >= 4 is 94.8 Å². The lowest BCUT2D eigenvalue weighted by molar-refractivity contribution is -0.373. The molecule has 5 aliphatic heterocycles. The molecule has 5 heterocycles. The quantitative estimate of drug-likeness (QED) is 0.0297. The number of methoxy groups -OCH3 is 1. The molecule has 0 bridgehead atoms. The number of rotatable bonds is 30. The molecule has 0 unspecified atom stereocenters. The highest BCUT2D eigenvalue weighted by Crippen LogP contribution is 2.39. The van der Waals surface area contributed by atoms with Crippen LogP contribution in [0.2, 0.25) is 0 Å².